The molecule has 4 N–H and O–H groups in total. The number of nitrogens with zero attached hydrogens (tertiary/aromatic N) is 2. The van der Waals surface area contributed by atoms with E-state index in [0.29, 0.717) is 0 Å². The van der Waals surface area contributed by atoms with Crippen molar-refractivity contribution < 1.29 is 0 Å². The molecule has 5 aromatic carbocycles. The Kier molecular flexibility index (Phi) is 8.80. The van der Waals surface area contributed by atoms with Gasteiger partial charge < -0.3 is 5.73 Å². The van der Waals surface area contributed by atoms with Gasteiger partial charge in [-0.25, -0.2) is 0 Å². The molecular formula is C44H33N5. The van der Waals surface area contributed by atoms with E-state index in [0.717, 1.165) is 50.5 Å². The van der Waals surface area contributed by atoms with Crippen LogP contribution in [0.4, 0.5) is 5.69 Å². The van der Waals surface area contributed by atoms with Gasteiger partial charge in [-0.05, 0) is 105 Å². The lowest BCUT2D eigenvalue weighted by atomic mass is 9.87. The largest absolute Gasteiger partial charge is 0.399 e. The van der Waals surface area contributed by atoms with E-state index in [2.05, 4.69) is 70.6 Å². The highest BCUT2D eigenvalue weighted by atomic mass is 14.7. The molecule has 7 aromatic rings. The number of fused-ring (bicyclic) bond motifs is 1. The van der Waals surface area contributed by atoms with Crippen molar-refractivity contribution in [1.29, 1.82) is 10.8 Å². The van der Waals surface area contributed by atoms with Crippen LogP contribution in [0.15, 0.2) is 176 Å². The summed E-state index contributed by atoms with van der Waals surface area (Å²) in [5.74, 6) is 0. The van der Waals surface area contributed by atoms with Crippen LogP contribution in [-0.4, -0.2) is 21.4 Å². The lowest BCUT2D eigenvalue weighted by Crippen LogP contribution is -2.15. The van der Waals surface area contributed by atoms with E-state index >= 15 is 0 Å². The summed E-state index contributed by atoms with van der Waals surface area (Å²) < 4.78 is 0. The van der Waals surface area contributed by atoms with Crippen molar-refractivity contribution in [2.45, 2.75) is 0 Å². The molecule has 0 saturated carbocycles. The van der Waals surface area contributed by atoms with Gasteiger partial charge in [-0.1, -0.05) is 97.1 Å². The molecule has 0 amide bonds. The Hall–Kier alpha value is -6.72. The fourth-order valence-corrected chi connectivity index (χ4v) is 5.85. The average Bonchev–Trinajstić information content (AvgIpc) is 3.17. The number of benzene rings is 5. The Balaban J connectivity index is 0.000000186. The van der Waals surface area contributed by atoms with Crippen molar-refractivity contribution in [2.75, 3.05) is 5.73 Å². The first-order valence-corrected chi connectivity index (χ1v) is 16.0. The van der Waals surface area contributed by atoms with Gasteiger partial charge in [0.1, 0.15) is 0 Å². The predicted molar refractivity (Wildman–Crippen MR) is 205 cm³/mol. The number of allylic oxidation sites excluding steroid dienone is 4. The number of nitrogen functional groups attached to an aromatic ring is 1. The molecule has 0 unspecified atom stereocenters. The average molecular weight is 632 g/mol. The van der Waals surface area contributed by atoms with Crippen molar-refractivity contribution in [1.82, 2.24) is 9.97 Å². The maximum absolute atomic E-state index is 8.53. The summed E-state index contributed by atoms with van der Waals surface area (Å²) in [6.07, 6.45) is 7.31. The summed E-state index contributed by atoms with van der Waals surface area (Å²) in [6, 6.07) is 50.7. The number of hydrogen-bond donors (Lipinski definition) is 3. The third kappa shape index (κ3) is 7.02. The van der Waals surface area contributed by atoms with Crippen molar-refractivity contribution in [3.8, 4) is 33.6 Å². The summed E-state index contributed by atoms with van der Waals surface area (Å²) >= 11 is 0. The molecule has 0 saturated heterocycles. The van der Waals surface area contributed by atoms with Crippen molar-refractivity contribution >= 4 is 39.0 Å². The summed E-state index contributed by atoms with van der Waals surface area (Å²) in [6.45, 7) is 0. The fourth-order valence-electron chi connectivity index (χ4n) is 5.85. The highest BCUT2D eigenvalue weighted by molar-refractivity contribution is 6.61. The van der Waals surface area contributed by atoms with Crippen molar-refractivity contribution in [3.05, 3.63) is 187 Å². The van der Waals surface area contributed by atoms with E-state index in [4.69, 9.17) is 16.6 Å². The number of rotatable bonds is 5. The third-order valence-electron chi connectivity index (χ3n) is 8.42. The molecular weight excluding hydrogens is 599 g/mol. The summed E-state index contributed by atoms with van der Waals surface area (Å²) in [4.78, 5) is 8.88. The van der Waals surface area contributed by atoms with Crippen LogP contribution >= 0.6 is 0 Å². The number of anilines is 1. The van der Waals surface area contributed by atoms with E-state index in [-0.39, 0.29) is 11.4 Å². The van der Waals surface area contributed by atoms with Gasteiger partial charge in [-0.2, -0.15) is 0 Å². The summed E-state index contributed by atoms with van der Waals surface area (Å²) in [5, 5.41) is 19.5. The second-order valence-corrected chi connectivity index (χ2v) is 11.7. The van der Waals surface area contributed by atoms with Crippen LogP contribution < -0.4 is 5.73 Å². The molecule has 5 nitrogen and oxygen atoms in total. The van der Waals surface area contributed by atoms with E-state index in [1.54, 1.807) is 18.5 Å². The third-order valence-corrected chi connectivity index (χ3v) is 8.42. The van der Waals surface area contributed by atoms with Gasteiger partial charge in [0.05, 0.1) is 22.8 Å². The Bertz CT molecular complexity index is 2360. The second-order valence-electron chi connectivity index (χ2n) is 11.7. The highest BCUT2D eigenvalue weighted by Gasteiger charge is 2.19. The molecule has 1 aliphatic rings. The van der Waals surface area contributed by atoms with Gasteiger partial charge >= 0.3 is 0 Å². The molecule has 0 spiro atoms. The Labute approximate surface area is 285 Å². The number of pyridine rings is 2. The summed E-state index contributed by atoms with van der Waals surface area (Å²) in [5.41, 5.74) is 16.6. The van der Waals surface area contributed by atoms with Gasteiger partial charge in [0.15, 0.2) is 0 Å². The quantitative estimate of drug-likeness (QED) is 0.130. The Morgan fingerprint density at radius 2 is 1.00 bits per heavy atom. The molecule has 0 radical (unpaired) electrons. The molecule has 0 atom stereocenters. The zero-order valence-corrected chi connectivity index (χ0v) is 26.7. The SMILES string of the molecule is N=C1C=C(c2cccc(-c3ccccn3)c2)C=C(c2cccc(-c3ccccn3)c2)C1=N.Nc1ccc(-c2ccc3ccccc3c2)cc1. The highest BCUT2D eigenvalue weighted by Crippen LogP contribution is 2.32. The molecule has 234 valence electrons. The van der Waals surface area contributed by atoms with Gasteiger partial charge in [-0.3, -0.25) is 20.8 Å². The molecule has 2 heterocycles. The smallest absolute Gasteiger partial charge is 0.0867 e. The number of hydrogen-bond acceptors (Lipinski definition) is 5. The van der Waals surface area contributed by atoms with Crippen LogP contribution in [0.25, 0.3) is 55.6 Å². The van der Waals surface area contributed by atoms with Gasteiger partial charge in [0.2, 0.25) is 0 Å². The zero-order valence-electron chi connectivity index (χ0n) is 26.7. The van der Waals surface area contributed by atoms with Crippen LogP contribution in [0.2, 0.25) is 0 Å². The van der Waals surface area contributed by atoms with Gasteiger partial charge in [0.25, 0.3) is 0 Å². The van der Waals surface area contributed by atoms with E-state index in [1.165, 1.54) is 21.9 Å². The van der Waals surface area contributed by atoms with Gasteiger partial charge in [0, 0.05) is 34.8 Å². The molecule has 0 fully saturated rings. The minimum atomic E-state index is 0.198. The van der Waals surface area contributed by atoms with E-state index in [9.17, 15) is 0 Å². The zero-order chi connectivity index (χ0) is 33.6. The minimum absolute atomic E-state index is 0.198. The lowest BCUT2D eigenvalue weighted by molar-refractivity contribution is 1.32. The van der Waals surface area contributed by atoms with Crippen LogP contribution in [0.5, 0.6) is 0 Å². The van der Waals surface area contributed by atoms with Crippen LogP contribution in [-0.2, 0) is 0 Å². The monoisotopic (exact) mass is 631 g/mol. The molecule has 49 heavy (non-hydrogen) atoms. The van der Waals surface area contributed by atoms with Crippen LogP contribution in [0, 0.1) is 10.8 Å². The van der Waals surface area contributed by atoms with E-state index < -0.39 is 0 Å². The predicted octanol–water partition coefficient (Wildman–Crippen LogP) is 10.4. The first-order chi connectivity index (χ1) is 24.0. The first-order valence-electron chi connectivity index (χ1n) is 16.0. The number of nitrogens with one attached hydrogen (secondary N) is 2. The molecule has 0 aliphatic heterocycles. The first kappa shape index (κ1) is 30.9. The normalized spacial score (nSPS) is 12.5. The van der Waals surface area contributed by atoms with E-state index in [1.807, 2.05) is 97.1 Å². The standard InChI is InChI=1S/C28H20N4.C16H13N/c29-25-18-23(19-7-5-9-21(15-19)26-11-1-3-13-31-26)17-24(28(25)30)20-8-6-10-22(16-20)27-12-2-4-14-32-27;17-16-9-7-13(8-10-16)15-6-5-12-3-1-2-4-14(12)11-15/h1-18,29-30H;1-11H,17H2. The van der Waals surface area contributed by atoms with Crippen LogP contribution in [0.3, 0.4) is 0 Å². The maximum atomic E-state index is 8.53. The number of nitrogens with two attached hydrogens (primary N) is 1. The Morgan fingerprint density at radius 1 is 0.429 bits per heavy atom. The lowest BCUT2D eigenvalue weighted by Gasteiger charge is -2.17. The molecule has 8 rings (SSSR count). The minimum Gasteiger partial charge on any atom is -0.399 e. The van der Waals surface area contributed by atoms with Crippen LogP contribution in [0.1, 0.15) is 11.1 Å². The van der Waals surface area contributed by atoms with Gasteiger partial charge in [-0.15, -0.1) is 0 Å². The maximum Gasteiger partial charge on any atom is 0.0867 e. The molecule has 2 aromatic heterocycles. The van der Waals surface area contributed by atoms with Crippen molar-refractivity contribution in [3.63, 3.8) is 0 Å². The molecule has 0 bridgehead atoms. The second kappa shape index (κ2) is 14.0. The van der Waals surface area contributed by atoms with Crippen molar-refractivity contribution in [2.24, 2.45) is 0 Å². The number of aromatic nitrogens is 2. The molecule has 5 heteroatoms. The Morgan fingerprint density at radius 3 is 1.65 bits per heavy atom. The molecule has 1 aliphatic carbocycles. The topological polar surface area (TPSA) is 99.5 Å². The fraction of sp³-hybridized carbons (Fsp3) is 0. The summed E-state index contributed by atoms with van der Waals surface area (Å²) in [7, 11) is 0.